The summed E-state index contributed by atoms with van der Waals surface area (Å²) in [6.07, 6.45) is 0. The molecule has 0 radical (unpaired) electrons. The molecular formula is C19H14ClN5O4. The van der Waals surface area contributed by atoms with E-state index >= 15 is 0 Å². The van der Waals surface area contributed by atoms with E-state index in [1.807, 2.05) is 0 Å². The van der Waals surface area contributed by atoms with E-state index < -0.39 is 11.6 Å². The van der Waals surface area contributed by atoms with Crippen LogP contribution in [0, 0.1) is 0 Å². The molecule has 2 heterocycles. The van der Waals surface area contributed by atoms with Crippen LogP contribution < -0.4 is 16.2 Å². The zero-order valence-electron chi connectivity index (χ0n) is 15.0. The van der Waals surface area contributed by atoms with Gasteiger partial charge in [0, 0.05) is 10.6 Å². The molecule has 10 heteroatoms. The Morgan fingerprint density at radius 3 is 2.69 bits per heavy atom. The molecule has 9 nitrogen and oxygen atoms in total. The lowest BCUT2D eigenvalue weighted by molar-refractivity contribution is 0.0997. The molecule has 0 aliphatic rings. The maximum absolute atomic E-state index is 12.6. The van der Waals surface area contributed by atoms with Crippen LogP contribution in [0.2, 0.25) is 5.02 Å². The SMILES string of the molecule is COc1ccc(-c2nc(C(N)=O)c3[nH]c(=O)n(-c4cccc(Cl)c4)c3n2)cc1O. The van der Waals surface area contributed by atoms with Crippen LogP contribution >= 0.6 is 11.6 Å². The molecule has 0 saturated heterocycles. The number of aromatic nitrogens is 4. The lowest BCUT2D eigenvalue weighted by atomic mass is 10.2. The van der Waals surface area contributed by atoms with Crippen molar-refractivity contribution in [3.8, 4) is 28.6 Å². The Balaban J connectivity index is 2.03. The Hall–Kier alpha value is -3.85. The summed E-state index contributed by atoms with van der Waals surface area (Å²) in [5, 5.41) is 10.5. The number of fused-ring (bicyclic) bond motifs is 1. The molecule has 1 amide bonds. The number of H-pyrrole nitrogens is 1. The molecule has 0 aliphatic heterocycles. The second-order valence-electron chi connectivity index (χ2n) is 6.09. The first-order chi connectivity index (χ1) is 13.9. The molecule has 4 aromatic rings. The largest absolute Gasteiger partial charge is 0.504 e. The highest BCUT2D eigenvalue weighted by molar-refractivity contribution is 6.30. The van der Waals surface area contributed by atoms with Crippen LogP contribution in [0.25, 0.3) is 28.2 Å². The van der Waals surface area contributed by atoms with Gasteiger partial charge in [0.2, 0.25) is 0 Å². The number of hydrogen-bond donors (Lipinski definition) is 3. The highest BCUT2D eigenvalue weighted by Crippen LogP contribution is 2.31. The number of amides is 1. The van der Waals surface area contributed by atoms with Gasteiger partial charge in [-0.15, -0.1) is 0 Å². The third kappa shape index (κ3) is 3.17. The van der Waals surface area contributed by atoms with Gasteiger partial charge in [0.1, 0.15) is 5.52 Å². The number of carbonyl (C=O) groups is 1. The second-order valence-corrected chi connectivity index (χ2v) is 6.53. The number of imidazole rings is 1. The van der Waals surface area contributed by atoms with E-state index in [0.29, 0.717) is 16.3 Å². The van der Waals surface area contributed by atoms with Crippen molar-refractivity contribution in [1.82, 2.24) is 19.5 Å². The number of hydrogen-bond acceptors (Lipinski definition) is 6. The lowest BCUT2D eigenvalue weighted by Crippen LogP contribution is -2.15. The van der Waals surface area contributed by atoms with E-state index in [9.17, 15) is 14.7 Å². The normalized spacial score (nSPS) is 11.0. The number of primary amides is 1. The van der Waals surface area contributed by atoms with Crippen molar-refractivity contribution in [3.05, 3.63) is 63.7 Å². The van der Waals surface area contributed by atoms with Crippen molar-refractivity contribution in [2.75, 3.05) is 7.11 Å². The summed E-state index contributed by atoms with van der Waals surface area (Å²) >= 11 is 6.05. The van der Waals surface area contributed by atoms with Gasteiger partial charge in [-0.05, 0) is 36.4 Å². The summed E-state index contributed by atoms with van der Waals surface area (Å²) in [6, 6.07) is 11.1. The van der Waals surface area contributed by atoms with Gasteiger partial charge in [-0.2, -0.15) is 0 Å². The minimum absolute atomic E-state index is 0.0963. The molecule has 0 saturated carbocycles. The number of nitrogens with one attached hydrogen (secondary N) is 1. The zero-order chi connectivity index (χ0) is 20.7. The van der Waals surface area contributed by atoms with E-state index in [2.05, 4.69) is 15.0 Å². The minimum atomic E-state index is -0.837. The number of aromatic amines is 1. The van der Waals surface area contributed by atoms with Crippen LogP contribution in [-0.2, 0) is 0 Å². The Morgan fingerprint density at radius 2 is 2.03 bits per heavy atom. The highest BCUT2D eigenvalue weighted by atomic mass is 35.5. The fourth-order valence-corrected chi connectivity index (χ4v) is 3.16. The molecule has 0 aliphatic carbocycles. The van der Waals surface area contributed by atoms with E-state index in [4.69, 9.17) is 22.1 Å². The Labute approximate surface area is 168 Å². The number of rotatable bonds is 4. The van der Waals surface area contributed by atoms with Crippen LogP contribution in [0.3, 0.4) is 0 Å². The van der Waals surface area contributed by atoms with E-state index in [-0.39, 0.29) is 34.2 Å². The molecule has 0 fully saturated rings. The smallest absolute Gasteiger partial charge is 0.332 e. The van der Waals surface area contributed by atoms with Gasteiger partial charge in [0.05, 0.1) is 12.8 Å². The number of halogens is 1. The van der Waals surface area contributed by atoms with E-state index in [1.54, 1.807) is 30.3 Å². The Morgan fingerprint density at radius 1 is 1.24 bits per heavy atom. The molecule has 2 aromatic carbocycles. The Kier molecular flexibility index (Phi) is 4.44. The number of nitrogens with two attached hydrogens (primary N) is 1. The second kappa shape index (κ2) is 6.95. The van der Waals surface area contributed by atoms with Crippen molar-refractivity contribution in [1.29, 1.82) is 0 Å². The van der Waals surface area contributed by atoms with Crippen LogP contribution in [0.1, 0.15) is 10.5 Å². The van der Waals surface area contributed by atoms with Crippen molar-refractivity contribution < 1.29 is 14.6 Å². The topological polar surface area (TPSA) is 136 Å². The summed E-state index contributed by atoms with van der Waals surface area (Å²) in [4.78, 5) is 35.8. The number of nitrogens with zero attached hydrogens (tertiary/aromatic N) is 3. The van der Waals surface area contributed by atoms with Crippen LogP contribution in [0.15, 0.2) is 47.3 Å². The first kappa shape index (κ1) is 18.5. The van der Waals surface area contributed by atoms with Gasteiger partial charge in [0.15, 0.2) is 28.7 Å². The number of aromatic hydroxyl groups is 1. The molecular weight excluding hydrogens is 398 g/mol. The zero-order valence-corrected chi connectivity index (χ0v) is 15.8. The van der Waals surface area contributed by atoms with Crippen molar-refractivity contribution in [2.24, 2.45) is 5.73 Å². The molecule has 0 unspecified atom stereocenters. The minimum Gasteiger partial charge on any atom is -0.504 e. The van der Waals surface area contributed by atoms with Crippen LogP contribution in [0.4, 0.5) is 0 Å². The standard InChI is InChI=1S/C19H14ClN5O4/c1-29-13-6-5-9(7-12(13)26)17-22-14(16(21)27)15-18(24-17)25(19(28)23-15)11-4-2-3-10(20)8-11/h2-8,26H,1H3,(H2,21,27)(H,23,28). The van der Waals surface area contributed by atoms with E-state index in [1.165, 1.54) is 23.8 Å². The van der Waals surface area contributed by atoms with Crippen molar-refractivity contribution in [3.63, 3.8) is 0 Å². The highest BCUT2D eigenvalue weighted by Gasteiger charge is 2.20. The number of benzene rings is 2. The van der Waals surface area contributed by atoms with Crippen LogP contribution in [-0.4, -0.2) is 37.6 Å². The summed E-state index contributed by atoms with van der Waals surface area (Å²) in [6.45, 7) is 0. The van der Waals surface area contributed by atoms with Gasteiger partial charge in [-0.1, -0.05) is 17.7 Å². The van der Waals surface area contributed by atoms with Gasteiger partial charge in [0.25, 0.3) is 5.91 Å². The molecule has 29 heavy (non-hydrogen) atoms. The van der Waals surface area contributed by atoms with Gasteiger partial charge >= 0.3 is 5.69 Å². The van der Waals surface area contributed by atoms with E-state index in [0.717, 1.165) is 0 Å². The van der Waals surface area contributed by atoms with Crippen LogP contribution in [0.5, 0.6) is 11.5 Å². The summed E-state index contributed by atoms with van der Waals surface area (Å²) in [7, 11) is 1.42. The van der Waals surface area contributed by atoms with Crippen molar-refractivity contribution in [2.45, 2.75) is 0 Å². The molecule has 0 spiro atoms. The van der Waals surface area contributed by atoms with Gasteiger partial charge in [-0.3, -0.25) is 4.79 Å². The summed E-state index contributed by atoms with van der Waals surface area (Å²) in [5.74, 6) is -0.604. The monoisotopic (exact) mass is 411 g/mol. The summed E-state index contributed by atoms with van der Waals surface area (Å²) in [5.41, 5.74) is 5.88. The maximum atomic E-state index is 12.6. The average molecular weight is 412 g/mol. The molecule has 0 bridgehead atoms. The Bertz CT molecular complexity index is 1330. The number of ether oxygens (including phenoxy) is 1. The lowest BCUT2D eigenvalue weighted by Gasteiger charge is -2.08. The first-order valence-electron chi connectivity index (χ1n) is 8.35. The number of carbonyl (C=O) groups excluding carboxylic acids is 1. The fourth-order valence-electron chi connectivity index (χ4n) is 2.98. The maximum Gasteiger partial charge on any atom is 0.332 e. The molecule has 4 rings (SSSR count). The average Bonchev–Trinajstić information content (AvgIpc) is 3.02. The molecule has 146 valence electrons. The van der Waals surface area contributed by atoms with Gasteiger partial charge in [-0.25, -0.2) is 19.3 Å². The third-order valence-electron chi connectivity index (χ3n) is 4.27. The van der Waals surface area contributed by atoms with Crippen molar-refractivity contribution >= 4 is 28.7 Å². The predicted molar refractivity (Wildman–Crippen MR) is 107 cm³/mol. The summed E-state index contributed by atoms with van der Waals surface area (Å²) < 4.78 is 6.30. The third-order valence-corrected chi connectivity index (χ3v) is 4.51. The molecule has 2 aromatic heterocycles. The number of methoxy groups -OCH3 is 1. The number of phenolic OH excluding ortho intramolecular Hbond substituents is 1. The fraction of sp³-hybridized carbons (Fsp3) is 0.0526. The predicted octanol–water partition coefficient (Wildman–Crippen LogP) is 2.24. The van der Waals surface area contributed by atoms with Gasteiger partial charge < -0.3 is 20.6 Å². The first-order valence-corrected chi connectivity index (χ1v) is 8.72. The molecule has 4 N–H and O–H groups in total. The quantitative estimate of drug-likeness (QED) is 0.471. The molecule has 0 atom stereocenters. The number of phenols is 1.